The lowest BCUT2D eigenvalue weighted by molar-refractivity contribution is -0.391. The lowest BCUT2D eigenvalue weighted by Gasteiger charge is -2.59. The van der Waals surface area contributed by atoms with Gasteiger partial charge >= 0.3 is 78.2 Å². The van der Waals surface area contributed by atoms with E-state index < -0.39 is 135 Å². The van der Waals surface area contributed by atoms with E-state index in [2.05, 4.69) is 20.8 Å². The van der Waals surface area contributed by atoms with Crippen LogP contribution < -0.4 is 0 Å². The zero-order valence-electron chi connectivity index (χ0n) is 91.2. The molecule has 0 aromatic rings. The fourth-order valence-electron chi connectivity index (χ4n) is 28.2. The maximum atomic E-state index is 13.3. The van der Waals surface area contributed by atoms with Crippen LogP contribution in [0.3, 0.4) is 0 Å². The zero-order chi connectivity index (χ0) is 109. The van der Waals surface area contributed by atoms with E-state index in [1.165, 1.54) is 65.2 Å². The maximum absolute atomic E-state index is 13.3. The topological polar surface area (TPSA) is 353 Å². The van der Waals surface area contributed by atoms with E-state index in [0.717, 1.165) is 152 Å². The quantitative estimate of drug-likeness (QED) is 0.0257. The summed E-state index contributed by atoms with van der Waals surface area (Å²) >= 11 is 0. The van der Waals surface area contributed by atoms with Crippen molar-refractivity contribution in [3.8, 4) is 0 Å². The number of hydrogen-bond acceptors (Lipinski definition) is 25. The maximum Gasteiger partial charge on any atom is 0.426 e. The molecule has 20 aliphatic rings. The Hall–Kier alpha value is -6.13. The van der Waals surface area contributed by atoms with Crippen molar-refractivity contribution in [2.75, 3.05) is 6.61 Å². The molecule has 4 N–H and O–H groups in total. The molecule has 25 nitrogen and oxygen atoms in total. The van der Waals surface area contributed by atoms with Crippen molar-refractivity contribution in [3.63, 3.8) is 0 Å². The summed E-state index contributed by atoms with van der Waals surface area (Å²) in [5.41, 5.74) is -14.9. The molecule has 0 radical (unpaired) electrons. The molecule has 4 heterocycles. The third-order valence-electron chi connectivity index (χ3n) is 39.7. The molecular formula is C112H173F9O25. The molecule has 25 unspecified atom stereocenters. The van der Waals surface area contributed by atoms with Gasteiger partial charge in [-0.2, -0.15) is 39.5 Å². The van der Waals surface area contributed by atoms with E-state index in [0.29, 0.717) is 61.7 Å². The largest absolute Gasteiger partial charge is 0.462 e. The first-order valence-corrected chi connectivity index (χ1v) is 55.1. The molecule has 4 aliphatic heterocycles. The van der Waals surface area contributed by atoms with E-state index >= 15 is 0 Å². The summed E-state index contributed by atoms with van der Waals surface area (Å²) in [6.45, 7) is 43.6. The Balaban J connectivity index is 0.000000153. The van der Waals surface area contributed by atoms with E-state index in [1.807, 2.05) is 104 Å². The van der Waals surface area contributed by atoms with Gasteiger partial charge in [0.15, 0.2) is 24.4 Å². The lowest BCUT2D eigenvalue weighted by Crippen LogP contribution is -2.64. The van der Waals surface area contributed by atoms with Crippen LogP contribution in [-0.4, -0.2) is 193 Å². The first-order valence-electron chi connectivity index (χ1n) is 55.1. The van der Waals surface area contributed by atoms with Crippen LogP contribution in [-0.2, 0) is 100 Å². The van der Waals surface area contributed by atoms with Crippen LogP contribution >= 0.6 is 0 Å². The summed E-state index contributed by atoms with van der Waals surface area (Å²) in [5.74, 6) is 0.0103. The first kappa shape index (κ1) is 119. The Morgan fingerprint density at radius 3 is 1.24 bits per heavy atom. The first-order chi connectivity index (χ1) is 67.2. The van der Waals surface area contributed by atoms with Gasteiger partial charge in [-0.05, 0) is 375 Å². The molecule has 20 rings (SSSR count). The molecule has 20 fully saturated rings. The molecule has 16 aliphatic carbocycles. The zero-order valence-corrected chi connectivity index (χ0v) is 91.2. The highest BCUT2D eigenvalue weighted by Crippen LogP contribution is 2.72. The predicted octanol–water partition coefficient (Wildman–Crippen LogP) is 22.0. The highest BCUT2D eigenvalue weighted by Gasteiger charge is 2.76. The fourth-order valence-corrected chi connectivity index (χ4v) is 28.2. The normalized spacial score (nSPS) is 37.0. The third-order valence-corrected chi connectivity index (χ3v) is 39.7. The molecule has 834 valence electrons. The minimum atomic E-state index is -6.28. The van der Waals surface area contributed by atoms with Crippen molar-refractivity contribution in [1.29, 1.82) is 0 Å². The predicted molar refractivity (Wildman–Crippen MR) is 518 cm³/mol. The van der Waals surface area contributed by atoms with Gasteiger partial charge in [-0.1, -0.05) is 62.3 Å². The molecule has 4 saturated heterocycles. The second-order valence-electron chi connectivity index (χ2n) is 52.6. The van der Waals surface area contributed by atoms with Gasteiger partial charge in [0.25, 0.3) is 5.60 Å². The van der Waals surface area contributed by atoms with E-state index in [4.69, 9.17) is 52.1 Å². The Kier molecular flexibility index (Phi) is 34.6. The number of carbonyl (C=O) groups is 10. The van der Waals surface area contributed by atoms with Gasteiger partial charge in [-0.15, -0.1) is 0 Å². The lowest BCUT2D eigenvalue weighted by atomic mass is 9.52. The fraction of sp³-hybridized carbons (Fsp3) is 0.911. The number of alkyl halides is 9. The number of hydrogen-bond donors (Lipinski definition) is 4. The summed E-state index contributed by atoms with van der Waals surface area (Å²) in [5, 5.41) is 40.9. The molecular weight excluding hydrogens is 1920 g/mol. The molecule has 0 aromatic heterocycles. The number of aliphatic hydroxyl groups is 4. The van der Waals surface area contributed by atoms with Crippen molar-refractivity contribution in [3.05, 3.63) is 0 Å². The van der Waals surface area contributed by atoms with E-state index in [-0.39, 0.29) is 143 Å². The molecule has 34 heteroatoms. The SMILES string of the molecule is CCC(C)(C)C(=O)OC1(CC)CC2CC1C1C3CCC(C3)C21.CCC(C)(C)C(=O)OC12CC3CC(CC(O)(C3)C1)C2.CCC(C)(C)C(=O)OC12CC3CC(CC(O)(C3)C1)C2.CCC(C)(C)C(=O)OC1C2CC3C(=O)OC1C3O2.CCC(C)(C)C(=O)OC1CC(C(C)(O)C(F)(F)F)CC(C(O)(C(F)(F)F)C(F)(F)F)C1.CCC(C)(C)C(=O)OCC(=O)OC1C2CC3C(=O)OC1C3C2.CCC1(OC(=O)C(C)(C)CC)CCCC1. The average molecular weight is 2090 g/mol. The number of fused-ring (bicyclic) bond motifs is 11. The molecule has 0 amide bonds. The van der Waals surface area contributed by atoms with Crippen molar-refractivity contribution in [2.24, 2.45) is 133 Å². The molecule has 16 bridgehead atoms. The monoisotopic (exact) mass is 2090 g/mol. The minimum absolute atomic E-state index is 0.00636. The van der Waals surface area contributed by atoms with Gasteiger partial charge in [0.05, 0.1) is 67.0 Å². The highest BCUT2D eigenvalue weighted by molar-refractivity contribution is 5.82. The van der Waals surface area contributed by atoms with Crippen LogP contribution in [0.25, 0.3) is 0 Å². The summed E-state index contributed by atoms with van der Waals surface area (Å²) in [7, 11) is 0. The standard InChI is InChI=1S/C20H32O2.C18H25F9O4.C16H22O6.2C16H26O3.C13H18O5.C13H24O2/c1-5-19(3,4)18(21)22-20(6-2)11-14-10-15(20)17-13-8-7-12(9-13)16(14)17;1-5-13(2,3)12(28)31-11-7-9(14(4,29)16(19,20)21)6-10(8-11)15(30,17(22,23)24)18(25,26)27;1-4-16(2,3)15(19)20-7-11(17)21-12-8-5-9-10(6-8)14(18)22-13(9)12;2*1-4-14(2,3)13(17)19-16-8-11-5-12(9-16)7-15(18,6-11)10-16;1-4-13(2,3)12(15)18-9-7-5-6-8(16-7)10(9)17-11(6)14;1-5-12(3,4)11(14)15-13(6-2)9-7-8-10-13/h12-17H,5-11H2,1-4H3;9-11,29-30H,5-8H2,1-4H3;8-10,12-13H,4-7H2,1-3H3;2*11-12,18H,4-10H2,1-3H3;6-10H,4-5H2,1-3H3;5-10H2,1-4H3. The highest BCUT2D eigenvalue weighted by atomic mass is 19.4. The van der Waals surface area contributed by atoms with Crippen molar-refractivity contribution >= 4 is 59.7 Å². The smallest absolute Gasteiger partial charge is 0.426 e. The number of ether oxygens (including phenoxy) is 11. The van der Waals surface area contributed by atoms with Crippen LogP contribution in [0.2, 0.25) is 0 Å². The average Bonchev–Trinajstić information content (AvgIpc) is 1.49. The Morgan fingerprint density at radius 2 is 0.801 bits per heavy atom. The van der Waals surface area contributed by atoms with Crippen molar-refractivity contribution in [2.45, 2.75) is 503 Å². The van der Waals surface area contributed by atoms with Gasteiger partial charge in [0, 0.05) is 42.4 Å². The number of halogens is 9. The van der Waals surface area contributed by atoms with E-state index in [1.54, 1.807) is 20.8 Å². The van der Waals surface area contributed by atoms with Gasteiger partial charge in [0.2, 0.25) is 0 Å². The van der Waals surface area contributed by atoms with Gasteiger partial charge in [0.1, 0.15) is 46.8 Å². The molecule has 0 aromatic carbocycles. The van der Waals surface area contributed by atoms with Gasteiger partial charge < -0.3 is 72.5 Å². The summed E-state index contributed by atoms with van der Waals surface area (Å²) in [6, 6.07) is 0. The summed E-state index contributed by atoms with van der Waals surface area (Å²) in [4.78, 5) is 121. The van der Waals surface area contributed by atoms with Crippen molar-refractivity contribution < 1.29 is 160 Å². The van der Waals surface area contributed by atoms with Crippen molar-refractivity contribution in [1.82, 2.24) is 0 Å². The third kappa shape index (κ3) is 24.0. The van der Waals surface area contributed by atoms with Crippen LogP contribution in [0.1, 0.15) is 397 Å². The second kappa shape index (κ2) is 42.6. The molecule has 16 saturated carbocycles. The summed E-state index contributed by atoms with van der Waals surface area (Å²) < 4.78 is 181. The number of esters is 10. The molecule has 25 atom stereocenters. The van der Waals surface area contributed by atoms with Crippen LogP contribution in [0.15, 0.2) is 0 Å². The van der Waals surface area contributed by atoms with E-state index in [9.17, 15) is 108 Å². The van der Waals surface area contributed by atoms with Crippen LogP contribution in [0.4, 0.5) is 39.5 Å². The Labute approximate surface area is 858 Å². The van der Waals surface area contributed by atoms with Gasteiger partial charge in [-0.3, -0.25) is 43.2 Å². The molecule has 0 spiro atoms. The summed E-state index contributed by atoms with van der Waals surface area (Å²) in [6.07, 6.45) is 6.61. The Morgan fingerprint density at radius 1 is 0.384 bits per heavy atom. The van der Waals surface area contributed by atoms with Crippen LogP contribution in [0.5, 0.6) is 0 Å². The number of rotatable bonds is 27. The molecule has 146 heavy (non-hydrogen) atoms. The minimum Gasteiger partial charge on any atom is -0.462 e. The Bertz CT molecular complexity index is 4550. The van der Waals surface area contributed by atoms with Crippen LogP contribution in [0, 0.1) is 133 Å². The number of carbonyl (C=O) groups excluding carboxylic acids is 10. The van der Waals surface area contributed by atoms with Gasteiger partial charge in [-0.25, -0.2) is 4.79 Å². The second-order valence-corrected chi connectivity index (χ2v) is 52.6.